The minimum atomic E-state index is -2.00. The molecule has 0 fully saturated rings. The van der Waals surface area contributed by atoms with Gasteiger partial charge in [0.25, 0.3) is 8.32 Å². The second-order valence-corrected chi connectivity index (χ2v) is 14.0. The highest BCUT2D eigenvalue weighted by atomic mass is 28.4. The molecule has 0 aliphatic heterocycles. The molecule has 0 heterocycles. The molecule has 5 heteroatoms. The number of ketones is 1. The zero-order valence-electron chi connectivity index (χ0n) is 18.2. The van der Waals surface area contributed by atoms with Crippen LogP contribution in [0.15, 0.2) is 6.07 Å². The van der Waals surface area contributed by atoms with Crippen LogP contribution in [0.5, 0.6) is 5.75 Å². The summed E-state index contributed by atoms with van der Waals surface area (Å²) in [5.41, 5.74) is 4.19. The number of hydrogen-bond acceptors (Lipinski definition) is 4. The highest BCUT2D eigenvalue weighted by Gasteiger charge is 2.40. The van der Waals surface area contributed by atoms with Crippen molar-refractivity contribution in [2.75, 3.05) is 0 Å². The maximum Gasteiger partial charge on any atom is 0.373 e. The molecule has 0 amide bonds. The lowest BCUT2D eigenvalue weighted by molar-refractivity contribution is -0.191. The Bertz CT molecular complexity index is 698. The van der Waals surface area contributed by atoms with E-state index in [2.05, 4.69) is 74.6 Å². The number of aryl methyl sites for hydroxylation is 1. The standard InChI is InChI=1S/C20H34O2Si.CO2/c1-13-12-16(22-23(10,11)20(7,8)9)17(15(3)21)18(14(13)2)19(4,5)6;2-1-3/h12H,1-11H3;. The van der Waals surface area contributed by atoms with Crippen LogP contribution in [0.2, 0.25) is 18.1 Å². The Morgan fingerprint density at radius 2 is 1.46 bits per heavy atom. The first kappa shape index (κ1) is 24.3. The third-order valence-corrected chi connectivity index (χ3v) is 9.43. The molecule has 1 rings (SSSR count). The highest BCUT2D eigenvalue weighted by Crippen LogP contribution is 2.42. The molecule has 4 nitrogen and oxygen atoms in total. The van der Waals surface area contributed by atoms with Crippen LogP contribution < -0.4 is 4.43 Å². The minimum Gasteiger partial charge on any atom is -0.543 e. The molecule has 0 spiro atoms. The van der Waals surface area contributed by atoms with Crippen molar-refractivity contribution in [3.63, 3.8) is 0 Å². The molecule has 0 aromatic heterocycles. The van der Waals surface area contributed by atoms with Gasteiger partial charge in [-0.15, -0.1) is 0 Å². The molecule has 0 unspecified atom stereocenters. The van der Waals surface area contributed by atoms with Crippen molar-refractivity contribution in [3.05, 3.63) is 28.3 Å². The van der Waals surface area contributed by atoms with Gasteiger partial charge in [0.05, 0.1) is 5.56 Å². The van der Waals surface area contributed by atoms with E-state index in [1.807, 2.05) is 0 Å². The SMILES string of the molecule is CC(=O)c1c(O[Si](C)(C)C(C)(C)C)cc(C)c(C)c1C(C)(C)C.O=C=O. The van der Waals surface area contributed by atoms with Crippen LogP contribution in [0, 0.1) is 13.8 Å². The molecule has 0 aliphatic rings. The van der Waals surface area contributed by atoms with Gasteiger partial charge in [0, 0.05) is 0 Å². The Kier molecular flexibility index (Phi) is 7.77. The summed E-state index contributed by atoms with van der Waals surface area (Å²) in [6, 6.07) is 2.06. The van der Waals surface area contributed by atoms with Gasteiger partial charge in [0.1, 0.15) is 5.75 Å². The van der Waals surface area contributed by atoms with Crippen molar-refractivity contribution in [2.45, 2.75) is 85.9 Å². The predicted octanol–water partition coefficient (Wildman–Crippen LogP) is 5.60. The number of benzene rings is 1. The van der Waals surface area contributed by atoms with Gasteiger partial charge in [0.2, 0.25) is 0 Å². The fourth-order valence-corrected chi connectivity index (χ4v) is 3.70. The first-order valence-electron chi connectivity index (χ1n) is 8.85. The summed E-state index contributed by atoms with van der Waals surface area (Å²) < 4.78 is 6.55. The first-order chi connectivity index (χ1) is 11.5. The lowest BCUT2D eigenvalue weighted by Gasteiger charge is -2.38. The Labute approximate surface area is 159 Å². The lowest BCUT2D eigenvalue weighted by atomic mass is 9.78. The van der Waals surface area contributed by atoms with Gasteiger partial charge in [-0.2, -0.15) is 9.59 Å². The normalized spacial score (nSPS) is 12.0. The lowest BCUT2D eigenvalue weighted by Crippen LogP contribution is -2.44. The average molecular weight is 379 g/mol. The molecule has 26 heavy (non-hydrogen) atoms. The number of rotatable bonds is 3. The largest absolute Gasteiger partial charge is 0.543 e. The molecule has 1 aromatic rings. The zero-order valence-corrected chi connectivity index (χ0v) is 19.2. The molecule has 0 bridgehead atoms. The van der Waals surface area contributed by atoms with Crippen LogP contribution in [0.1, 0.15) is 75.5 Å². The van der Waals surface area contributed by atoms with Crippen LogP contribution >= 0.6 is 0 Å². The fraction of sp³-hybridized carbons (Fsp3) is 0.619. The van der Waals surface area contributed by atoms with Crippen molar-refractivity contribution < 1.29 is 18.8 Å². The summed E-state index contributed by atoms with van der Waals surface area (Å²) in [7, 11) is -2.00. The van der Waals surface area contributed by atoms with Gasteiger partial charge < -0.3 is 4.43 Å². The van der Waals surface area contributed by atoms with Gasteiger partial charge in [-0.1, -0.05) is 41.5 Å². The molecule has 0 saturated heterocycles. The molecule has 1 aromatic carbocycles. The third kappa shape index (κ3) is 5.65. The molecule has 0 radical (unpaired) electrons. The van der Waals surface area contributed by atoms with Crippen LogP contribution in [0.4, 0.5) is 0 Å². The summed E-state index contributed by atoms with van der Waals surface area (Å²) in [5.74, 6) is 0.865. The fourth-order valence-electron chi connectivity index (χ4n) is 2.68. The quantitative estimate of drug-likeness (QED) is 0.507. The zero-order chi connectivity index (χ0) is 21.1. The van der Waals surface area contributed by atoms with E-state index in [1.165, 1.54) is 11.1 Å². The van der Waals surface area contributed by atoms with Crippen molar-refractivity contribution in [1.29, 1.82) is 0 Å². The van der Waals surface area contributed by atoms with Crippen LogP contribution in [-0.4, -0.2) is 20.3 Å². The summed E-state index contributed by atoms with van der Waals surface area (Å²) in [6.07, 6.45) is 0.250. The molecule has 0 atom stereocenters. The van der Waals surface area contributed by atoms with Gasteiger partial charge in [0.15, 0.2) is 5.78 Å². The van der Waals surface area contributed by atoms with Gasteiger partial charge in [-0.3, -0.25) is 4.79 Å². The van der Waals surface area contributed by atoms with E-state index in [1.54, 1.807) is 6.92 Å². The van der Waals surface area contributed by atoms with Gasteiger partial charge in [-0.25, -0.2) is 0 Å². The maximum atomic E-state index is 12.5. The van der Waals surface area contributed by atoms with Crippen LogP contribution in [0.3, 0.4) is 0 Å². The monoisotopic (exact) mass is 378 g/mol. The molecule has 0 saturated carbocycles. The molecule has 0 N–H and O–H groups in total. The Morgan fingerprint density at radius 1 is 1.04 bits per heavy atom. The molecule has 0 aliphatic carbocycles. The van der Waals surface area contributed by atoms with Crippen molar-refractivity contribution in [2.24, 2.45) is 0 Å². The number of carbonyl (C=O) groups is 1. The van der Waals surface area contributed by atoms with Crippen molar-refractivity contribution in [1.82, 2.24) is 0 Å². The van der Waals surface area contributed by atoms with E-state index in [0.717, 1.165) is 16.9 Å². The predicted molar refractivity (Wildman–Crippen MR) is 107 cm³/mol. The Hall–Kier alpha value is -1.71. The number of carbonyl (C=O) groups excluding carboxylic acids is 3. The molecular weight excluding hydrogens is 344 g/mol. The smallest absolute Gasteiger partial charge is 0.373 e. The minimum absolute atomic E-state index is 0.0896. The average Bonchev–Trinajstić information content (AvgIpc) is 2.39. The third-order valence-electron chi connectivity index (χ3n) is 5.08. The topological polar surface area (TPSA) is 60.4 Å². The maximum absolute atomic E-state index is 12.5. The van der Waals surface area contributed by atoms with E-state index in [4.69, 9.17) is 14.0 Å². The van der Waals surface area contributed by atoms with Gasteiger partial charge >= 0.3 is 6.15 Å². The highest BCUT2D eigenvalue weighted by molar-refractivity contribution is 6.74. The second-order valence-electron chi connectivity index (χ2n) is 9.32. The van der Waals surface area contributed by atoms with E-state index in [9.17, 15) is 4.79 Å². The van der Waals surface area contributed by atoms with E-state index in [0.29, 0.717) is 0 Å². The Balaban J connectivity index is 0.00000194. The summed E-state index contributed by atoms with van der Waals surface area (Å²) >= 11 is 0. The molecular formula is C21H34O4Si. The first-order valence-corrected chi connectivity index (χ1v) is 11.8. The summed E-state index contributed by atoms with van der Waals surface area (Å²) in [4.78, 5) is 28.7. The van der Waals surface area contributed by atoms with Gasteiger partial charge in [-0.05, 0) is 67.1 Å². The van der Waals surface area contributed by atoms with Crippen molar-refractivity contribution >= 4 is 20.3 Å². The second kappa shape index (κ2) is 8.32. The number of Topliss-reactive ketones (excluding diaryl/α,β-unsaturated/α-hetero) is 1. The van der Waals surface area contributed by atoms with Crippen LogP contribution in [0.25, 0.3) is 0 Å². The van der Waals surface area contributed by atoms with Crippen molar-refractivity contribution in [3.8, 4) is 5.75 Å². The van der Waals surface area contributed by atoms with Crippen LogP contribution in [-0.2, 0) is 15.0 Å². The van der Waals surface area contributed by atoms with E-state index in [-0.39, 0.29) is 22.4 Å². The number of hydrogen-bond donors (Lipinski definition) is 0. The van der Waals surface area contributed by atoms with E-state index < -0.39 is 8.32 Å². The summed E-state index contributed by atoms with van der Waals surface area (Å²) in [6.45, 7) is 23.5. The Morgan fingerprint density at radius 3 is 1.77 bits per heavy atom. The summed E-state index contributed by atoms with van der Waals surface area (Å²) in [5, 5.41) is 0.0990. The molecule has 146 valence electrons. The van der Waals surface area contributed by atoms with E-state index >= 15 is 0 Å².